The molecule has 0 N–H and O–H groups in total. The minimum atomic E-state index is -0.776. The molecular weight excluding hydrogens is 961 g/mol. The van der Waals surface area contributed by atoms with Gasteiger partial charge in [0.2, 0.25) is 0 Å². The molecule has 0 heterocycles. The van der Waals surface area contributed by atoms with Gasteiger partial charge in [-0.15, -0.1) is 0 Å². The van der Waals surface area contributed by atoms with Crippen LogP contribution in [0.5, 0.6) is 0 Å². The van der Waals surface area contributed by atoms with Crippen molar-refractivity contribution in [2.75, 3.05) is 13.2 Å². The summed E-state index contributed by atoms with van der Waals surface area (Å²) in [4.78, 5) is 38.0. The van der Waals surface area contributed by atoms with E-state index in [1.54, 1.807) is 0 Å². The van der Waals surface area contributed by atoms with Crippen LogP contribution >= 0.6 is 0 Å². The number of rotatable bonds is 63. The fraction of sp³-hybridized carbons (Fsp3) is 0.819. The quantitative estimate of drug-likeness (QED) is 0.0261. The number of allylic oxidation sites excluding steroid dienone is 10. The summed E-state index contributed by atoms with van der Waals surface area (Å²) in [5.74, 6) is -0.884. The van der Waals surface area contributed by atoms with Crippen LogP contribution in [0.25, 0.3) is 0 Å². The Hall–Kier alpha value is -2.89. The molecule has 0 rings (SSSR count). The van der Waals surface area contributed by atoms with Crippen LogP contribution in [0.2, 0.25) is 0 Å². The highest BCUT2D eigenvalue weighted by molar-refractivity contribution is 5.71. The second-order valence-corrected chi connectivity index (χ2v) is 23.1. The average Bonchev–Trinajstić information content (AvgIpc) is 3.44. The maximum Gasteiger partial charge on any atom is 0.306 e. The molecule has 0 amide bonds. The standard InChI is InChI=1S/C72H130O6/c1-4-7-10-13-15-17-19-21-23-25-27-29-31-32-33-34-35-36-37-38-39-41-42-44-46-48-50-52-54-56-59-62-65-71(74)77-68-69(67-76-70(73)64-61-58-12-9-6-3)78-72(75)66-63-60-57-55-53-51-49-47-45-43-40-30-28-26-24-22-20-18-16-14-11-8-5-2/h8,11,16,18,22,24,28,30,43,45,69H,4-7,9-10,12-15,17,19-21,23,25-27,29,31-42,44,46-68H2,1-3H3/b11-8-,18-16-,24-22-,30-28-,45-43-. The molecular formula is C72H130O6. The zero-order valence-corrected chi connectivity index (χ0v) is 52.2. The second kappa shape index (κ2) is 66.6. The Bertz CT molecular complexity index is 1390. The number of ether oxygens (including phenoxy) is 3. The Morgan fingerprint density at radius 3 is 0.782 bits per heavy atom. The van der Waals surface area contributed by atoms with Crippen LogP contribution in [0.4, 0.5) is 0 Å². The fourth-order valence-electron chi connectivity index (χ4n) is 10.2. The monoisotopic (exact) mass is 1090 g/mol. The first kappa shape index (κ1) is 75.1. The topological polar surface area (TPSA) is 78.9 Å². The van der Waals surface area contributed by atoms with Crippen LogP contribution < -0.4 is 0 Å². The van der Waals surface area contributed by atoms with Gasteiger partial charge in [0.1, 0.15) is 13.2 Å². The smallest absolute Gasteiger partial charge is 0.306 e. The summed E-state index contributed by atoms with van der Waals surface area (Å²) in [6, 6.07) is 0. The van der Waals surface area contributed by atoms with Crippen molar-refractivity contribution in [1.82, 2.24) is 0 Å². The van der Waals surface area contributed by atoms with Gasteiger partial charge in [-0.25, -0.2) is 0 Å². The van der Waals surface area contributed by atoms with E-state index in [9.17, 15) is 14.4 Å². The SMILES string of the molecule is CC/C=C\C/C=C\C/C=C\C/C=C\C/C=C\CCCCCCCCCC(=O)OC(COC(=O)CCCCCCC)COC(=O)CCCCCCCCCCCCCCCCCCCCCCCCCCCCCCCCCC. The van der Waals surface area contributed by atoms with Crippen LogP contribution in [0, 0.1) is 0 Å². The summed E-state index contributed by atoms with van der Waals surface area (Å²) in [6.07, 6.45) is 86.0. The van der Waals surface area contributed by atoms with E-state index in [-0.39, 0.29) is 31.1 Å². The molecule has 6 heteroatoms. The van der Waals surface area contributed by atoms with Crippen molar-refractivity contribution in [3.05, 3.63) is 60.8 Å². The molecule has 0 aromatic heterocycles. The number of hydrogen-bond donors (Lipinski definition) is 0. The lowest BCUT2D eigenvalue weighted by molar-refractivity contribution is -0.167. The van der Waals surface area contributed by atoms with Crippen LogP contribution in [0.3, 0.4) is 0 Å². The van der Waals surface area contributed by atoms with Crippen molar-refractivity contribution in [3.63, 3.8) is 0 Å². The van der Waals surface area contributed by atoms with Crippen molar-refractivity contribution in [3.8, 4) is 0 Å². The van der Waals surface area contributed by atoms with Gasteiger partial charge < -0.3 is 14.2 Å². The zero-order valence-electron chi connectivity index (χ0n) is 52.2. The molecule has 78 heavy (non-hydrogen) atoms. The third kappa shape index (κ3) is 63.9. The van der Waals surface area contributed by atoms with Gasteiger partial charge in [-0.3, -0.25) is 14.4 Å². The molecule has 0 saturated carbocycles. The molecule has 0 spiro atoms. The van der Waals surface area contributed by atoms with Gasteiger partial charge in [-0.2, -0.15) is 0 Å². The second-order valence-electron chi connectivity index (χ2n) is 23.1. The summed E-state index contributed by atoms with van der Waals surface area (Å²) in [6.45, 7) is 6.48. The van der Waals surface area contributed by atoms with E-state index >= 15 is 0 Å². The van der Waals surface area contributed by atoms with Crippen molar-refractivity contribution >= 4 is 17.9 Å². The first-order chi connectivity index (χ1) is 38.5. The van der Waals surface area contributed by atoms with E-state index in [4.69, 9.17) is 14.2 Å². The summed E-state index contributed by atoms with van der Waals surface area (Å²) in [5, 5.41) is 0. The van der Waals surface area contributed by atoms with Crippen LogP contribution in [0.15, 0.2) is 60.8 Å². The fourth-order valence-corrected chi connectivity index (χ4v) is 10.2. The molecule has 6 nitrogen and oxygen atoms in total. The van der Waals surface area contributed by atoms with Gasteiger partial charge in [-0.05, 0) is 64.2 Å². The molecule has 1 atom stereocenters. The molecule has 0 saturated heterocycles. The van der Waals surface area contributed by atoms with Gasteiger partial charge in [0.15, 0.2) is 6.10 Å². The largest absolute Gasteiger partial charge is 0.462 e. The Kier molecular flexibility index (Phi) is 64.2. The van der Waals surface area contributed by atoms with Crippen molar-refractivity contribution in [2.45, 2.75) is 367 Å². The van der Waals surface area contributed by atoms with E-state index in [1.165, 1.54) is 218 Å². The van der Waals surface area contributed by atoms with Gasteiger partial charge in [0.25, 0.3) is 0 Å². The van der Waals surface area contributed by atoms with Crippen molar-refractivity contribution in [2.24, 2.45) is 0 Å². The average molecular weight is 1090 g/mol. The predicted octanol–water partition coefficient (Wildman–Crippen LogP) is 23.5. The number of unbranched alkanes of at least 4 members (excludes halogenated alkanes) is 42. The lowest BCUT2D eigenvalue weighted by Crippen LogP contribution is -2.30. The molecule has 454 valence electrons. The molecule has 0 aliphatic carbocycles. The van der Waals surface area contributed by atoms with E-state index in [0.29, 0.717) is 19.3 Å². The Morgan fingerprint density at radius 2 is 0.500 bits per heavy atom. The predicted molar refractivity (Wildman–Crippen MR) is 339 cm³/mol. The van der Waals surface area contributed by atoms with E-state index < -0.39 is 6.10 Å². The first-order valence-corrected chi connectivity index (χ1v) is 34.3. The maximum atomic E-state index is 12.8. The molecule has 0 fully saturated rings. The lowest BCUT2D eigenvalue weighted by Gasteiger charge is -2.18. The Labute approximate surface area is 485 Å². The van der Waals surface area contributed by atoms with Gasteiger partial charge in [0.05, 0.1) is 0 Å². The highest BCUT2D eigenvalue weighted by Gasteiger charge is 2.19. The molecule has 0 aromatic carbocycles. The lowest BCUT2D eigenvalue weighted by atomic mass is 10.0. The molecule has 0 aliphatic heterocycles. The maximum absolute atomic E-state index is 12.8. The zero-order chi connectivity index (χ0) is 56.4. The number of esters is 3. The first-order valence-electron chi connectivity index (χ1n) is 34.3. The van der Waals surface area contributed by atoms with Crippen molar-refractivity contribution < 1.29 is 28.6 Å². The van der Waals surface area contributed by atoms with Gasteiger partial charge in [-0.1, -0.05) is 338 Å². The summed E-state index contributed by atoms with van der Waals surface area (Å²) in [7, 11) is 0. The third-order valence-electron chi connectivity index (χ3n) is 15.3. The van der Waals surface area contributed by atoms with Crippen LogP contribution in [0.1, 0.15) is 361 Å². The number of carbonyl (C=O) groups excluding carboxylic acids is 3. The van der Waals surface area contributed by atoms with Gasteiger partial charge in [0, 0.05) is 19.3 Å². The van der Waals surface area contributed by atoms with E-state index in [1.807, 2.05) is 0 Å². The number of hydrogen-bond acceptors (Lipinski definition) is 6. The molecule has 0 aromatic rings. The number of carbonyl (C=O) groups is 3. The normalized spacial score (nSPS) is 12.4. The van der Waals surface area contributed by atoms with Crippen LogP contribution in [-0.2, 0) is 28.6 Å². The molecule has 0 bridgehead atoms. The summed E-state index contributed by atoms with van der Waals surface area (Å²) < 4.78 is 16.8. The molecule has 0 radical (unpaired) electrons. The Balaban J connectivity index is 3.94. The highest BCUT2D eigenvalue weighted by Crippen LogP contribution is 2.18. The summed E-state index contributed by atoms with van der Waals surface area (Å²) in [5.41, 5.74) is 0. The minimum Gasteiger partial charge on any atom is -0.462 e. The third-order valence-corrected chi connectivity index (χ3v) is 15.3. The van der Waals surface area contributed by atoms with E-state index in [2.05, 4.69) is 81.5 Å². The highest BCUT2D eigenvalue weighted by atomic mass is 16.6. The minimum absolute atomic E-state index is 0.0758. The van der Waals surface area contributed by atoms with E-state index in [0.717, 1.165) is 103 Å². The summed E-state index contributed by atoms with van der Waals surface area (Å²) >= 11 is 0. The van der Waals surface area contributed by atoms with Crippen LogP contribution in [-0.4, -0.2) is 37.2 Å². The Morgan fingerprint density at radius 1 is 0.269 bits per heavy atom. The van der Waals surface area contributed by atoms with Gasteiger partial charge >= 0.3 is 17.9 Å². The van der Waals surface area contributed by atoms with Crippen molar-refractivity contribution in [1.29, 1.82) is 0 Å². The molecule has 1 unspecified atom stereocenters. The molecule has 0 aliphatic rings.